The molecule has 1 aliphatic carbocycles. The summed E-state index contributed by atoms with van der Waals surface area (Å²) in [4.78, 5) is 0. The van der Waals surface area contributed by atoms with Crippen LogP contribution in [0.5, 0.6) is 0 Å². The molecule has 0 amide bonds. The third kappa shape index (κ3) is 1.37. The first kappa shape index (κ1) is 10.2. The van der Waals surface area contributed by atoms with Crippen molar-refractivity contribution in [2.24, 2.45) is 5.92 Å². The minimum Gasteiger partial charge on any atom is -0.379 e. The highest BCUT2D eigenvalue weighted by Gasteiger charge is 2.42. The second kappa shape index (κ2) is 3.51. The van der Waals surface area contributed by atoms with E-state index in [4.69, 9.17) is 0 Å². The Kier molecular flexibility index (Phi) is 2.24. The maximum Gasteiger partial charge on any atom is 0.0406 e. The van der Waals surface area contributed by atoms with E-state index in [1.807, 2.05) is 0 Å². The molecule has 16 heavy (non-hydrogen) atoms. The smallest absolute Gasteiger partial charge is 0.0406 e. The molecule has 0 aromatic heterocycles. The second-order valence-corrected chi connectivity index (χ2v) is 5.70. The zero-order valence-electron chi connectivity index (χ0n) is 10.3. The monoisotopic (exact) mass is 215 g/mol. The summed E-state index contributed by atoms with van der Waals surface area (Å²) in [5, 5.41) is 3.89. The normalized spacial score (nSPS) is 26.5. The topological polar surface area (TPSA) is 12.0 Å². The summed E-state index contributed by atoms with van der Waals surface area (Å²) in [5.41, 5.74) is 4.78. The number of nitrogens with one attached hydrogen (secondary N) is 1. The predicted octanol–water partition coefficient (Wildman–Crippen LogP) is 3.91. The Bertz CT molecular complexity index is 402. The lowest BCUT2D eigenvalue weighted by Crippen LogP contribution is -2.46. The Morgan fingerprint density at radius 3 is 2.75 bits per heavy atom. The number of benzene rings is 1. The van der Waals surface area contributed by atoms with Gasteiger partial charge in [-0.25, -0.2) is 0 Å². The maximum atomic E-state index is 3.89. The van der Waals surface area contributed by atoms with Crippen LogP contribution in [-0.2, 0) is 6.42 Å². The van der Waals surface area contributed by atoms with Crippen LogP contribution in [0.3, 0.4) is 0 Å². The van der Waals surface area contributed by atoms with Crippen LogP contribution in [0.4, 0.5) is 5.69 Å². The molecule has 3 rings (SSSR count). The van der Waals surface area contributed by atoms with Gasteiger partial charge in [-0.3, -0.25) is 0 Å². The molecule has 1 fully saturated rings. The molecule has 1 unspecified atom stereocenters. The van der Waals surface area contributed by atoms with Gasteiger partial charge in [-0.15, -0.1) is 0 Å². The van der Waals surface area contributed by atoms with Crippen LogP contribution in [0, 0.1) is 12.8 Å². The van der Waals surface area contributed by atoms with Gasteiger partial charge >= 0.3 is 0 Å². The van der Waals surface area contributed by atoms with E-state index in [-0.39, 0.29) is 0 Å². The highest BCUT2D eigenvalue weighted by molar-refractivity contribution is 5.61. The summed E-state index contributed by atoms with van der Waals surface area (Å²) in [5.74, 6) is 0.782. The molecule has 1 aromatic carbocycles. The predicted molar refractivity (Wildman–Crippen MR) is 68.9 cm³/mol. The summed E-state index contributed by atoms with van der Waals surface area (Å²) in [7, 11) is 0. The molecular weight excluding hydrogens is 194 g/mol. The Hall–Kier alpha value is -0.980. The van der Waals surface area contributed by atoms with E-state index in [9.17, 15) is 0 Å². The van der Waals surface area contributed by atoms with Gasteiger partial charge in [0.05, 0.1) is 0 Å². The molecule has 1 aromatic rings. The Morgan fingerprint density at radius 2 is 2.00 bits per heavy atom. The molecule has 1 aliphatic heterocycles. The number of anilines is 1. The molecule has 2 aliphatic rings. The van der Waals surface area contributed by atoms with Gasteiger partial charge in [0.15, 0.2) is 0 Å². The van der Waals surface area contributed by atoms with E-state index < -0.39 is 0 Å². The third-order valence-corrected chi connectivity index (χ3v) is 4.70. The van der Waals surface area contributed by atoms with Crippen LogP contribution < -0.4 is 5.32 Å². The highest BCUT2D eigenvalue weighted by atomic mass is 15.0. The lowest BCUT2D eigenvalue weighted by atomic mass is 9.75. The zero-order chi connectivity index (χ0) is 11.2. The Balaban J connectivity index is 2.03. The van der Waals surface area contributed by atoms with Crippen LogP contribution in [0.2, 0.25) is 0 Å². The molecule has 1 heteroatoms. The van der Waals surface area contributed by atoms with Crippen LogP contribution in [0.25, 0.3) is 0 Å². The maximum absolute atomic E-state index is 3.89. The number of fused-ring (bicyclic) bond motifs is 1. The Morgan fingerprint density at radius 1 is 1.25 bits per heavy atom. The standard InChI is InChI=1S/C15H21N/c1-11-6-5-7-13-10-12(2)15(16-14(11)13)8-3-4-9-15/h5-7,12,16H,3-4,8-10H2,1-2H3. The van der Waals surface area contributed by atoms with E-state index >= 15 is 0 Å². The molecule has 1 spiro atoms. The summed E-state index contributed by atoms with van der Waals surface area (Å²) < 4.78 is 0. The van der Waals surface area contributed by atoms with Crippen molar-refractivity contribution in [2.75, 3.05) is 5.32 Å². The van der Waals surface area contributed by atoms with E-state index in [0.717, 1.165) is 5.92 Å². The van der Waals surface area contributed by atoms with Crippen LogP contribution in [-0.4, -0.2) is 5.54 Å². The quantitative estimate of drug-likeness (QED) is 0.692. The molecule has 0 radical (unpaired) electrons. The minimum absolute atomic E-state index is 0.416. The van der Waals surface area contributed by atoms with Crippen LogP contribution in [0.15, 0.2) is 18.2 Å². The number of rotatable bonds is 0. The van der Waals surface area contributed by atoms with Crippen molar-refractivity contribution in [3.05, 3.63) is 29.3 Å². The third-order valence-electron chi connectivity index (χ3n) is 4.70. The lowest BCUT2D eigenvalue weighted by molar-refractivity contribution is 0.313. The lowest BCUT2D eigenvalue weighted by Gasteiger charge is -2.43. The molecule has 1 saturated carbocycles. The van der Waals surface area contributed by atoms with Gasteiger partial charge in [0.1, 0.15) is 0 Å². The van der Waals surface area contributed by atoms with Crippen molar-refractivity contribution in [3.8, 4) is 0 Å². The van der Waals surface area contributed by atoms with Crippen molar-refractivity contribution < 1.29 is 0 Å². The largest absolute Gasteiger partial charge is 0.379 e. The Labute approximate surface area is 98.3 Å². The first-order valence-electron chi connectivity index (χ1n) is 6.58. The molecule has 0 bridgehead atoms. The molecule has 86 valence electrons. The fourth-order valence-electron chi connectivity index (χ4n) is 3.60. The summed E-state index contributed by atoms with van der Waals surface area (Å²) in [6.45, 7) is 4.65. The average molecular weight is 215 g/mol. The number of para-hydroxylation sites is 1. The van der Waals surface area contributed by atoms with Crippen molar-refractivity contribution in [3.63, 3.8) is 0 Å². The fourth-order valence-corrected chi connectivity index (χ4v) is 3.60. The van der Waals surface area contributed by atoms with Gasteiger partial charge in [0.25, 0.3) is 0 Å². The molecule has 1 N–H and O–H groups in total. The first-order chi connectivity index (χ1) is 7.71. The fraction of sp³-hybridized carbons (Fsp3) is 0.600. The molecular formula is C15H21N. The van der Waals surface area contributed by atoms with Gasteiger partial charge in [-0.1, -0.05) is 38.0 Å². The minimum atomic E-state index is 0.416. The molecule has 1 atom stereocenters. The van der Waals surface area contributed by atoms with E-state index in [1.165, 1.54) is 48.9 Å². The first-order valence-corrected chi connectivity index (χ1v) is 6.58. The molecule has 1 nitrogen and oxygen atoms in total. The van der Waals surface area contributed by atoms with Crippen molar-refractivity contribution in [1.29, 1.82) is 0 Å². The second-order valence-electron chi connectivity index (χ2n) is 5.70. The summed E-state index contributed by atoms with van der Waals surface area (Å²) >= 11 is 0. The molecule has 0 saturated heterocycles. The number of hydrogen-bond acceptors (Lipinski definition) is 1. The van der Waals surface area contributed by atoms with Crippen molar-refractivity contribution >= 4 is 5.69 Å². The van der Waals surface area contributed by atoms with Gasteiger partial charge in [0.2, 0.25) is 0 Å². The van der Waals surface area contributed by atoms with Crippen LogP contribution >= 0.6 is 0 Å². The van der Waals surface area contributed by atoms with Crippen molar-refractivity contribution in [1.82, 2.24) is 0 Å². The average Bonchev–Trinajstić information content (AvgIpc) is 2.72. The van der Waals surface area contributed by atoms with E-state index in [1.54, 1.807) is 0 Å². The van der Waals surface area contributed by atoms with E-state index in [2.05, 4.69) is 37.4 Å². The van der Waals surface area contributed by atoms with Gasteiger partial charge in [-0.05, 0) is 43.2 Å². The van der Waals surface area contributed by atoms with Gasteiger partial charge in [0, 0.05) is 11.2 Å². The highest BCUT2D eigenvalue weighted by Crippen LogP contribution is 2.45. The number of hydrogen-bond donors (Lipinski definition) is 1. The van der Waals surface area contributed by atoms with E-state index in [0.29, 0.717) is 5.54 Å². The van der Waals surface area contributed by atoms with Crippen LogP contribution in [0.1, 0.15) is 43.7 Å². The van der Waals surface area contributed by atoms with Crippen molar-refractivity contribution in [2.45, 2.75) is 51.5 Å². The van der Waals surface area contributed by atoms with Gasteiger partial charge in [-0.2, -0.15) is 0 Å². The zero-order valence-corrected chi connectivity index (χ0v) is 10.3. The molecule has 1 heterocycles. The SMILES string of the molecule is Cc1cccc2c1NC1(CCCC1)C(C)C2. The van der Waals surface area contributed by atoms with Gasteiger partial charge < -0.3 is 5.32 Å². The summed E-state index contributed by atoms with van der Waals surface area (Å²) in [6, 6.07) is 6.70. The summed E-state index contributed by atoms with van der Waals surface area (Å²) in [6.07, 6.45) is 6.78. The number of aryl methyl sites for hydroxylation is 1.